The third-order valence-corrected chi connectivity index (χ3v) is 4.64. The van der Waals surface area contributed by atoms with Crippen molar-refractivity contribution >= 4 is 11.5 Å². The maximum absolute atomic E-state index is 11.8. The van der Waals surface area contributed by atoms with Crippen LogP contribution in [0.15, 0.2) is 16.3 Å². The number of ether oxygens (including phenoxy) is 1. The zero-order chi connectivity index (χ0) is 14.7. The molecule has 108 valence electrons. The number of rotatable bonds is 1. The molecule has 4 nitrogen and oxygen atoms in total. The molecule has 0 radical (unpaired) electrons. The predicted molar refractivity (Wildman–Crippen MR) is 74.1 cm³/mol. The highest BCUT2D eigenvalue weighted by Gasteiger charge is 2.45. The van der Waals surface area contributed by atoms with Gasteiger partial charge in [0.2, 0.25) is 5.76 Å². The molecule has 1 aromatic rings. The highest BCUT2D eigenvalue weighted by atomic mass is 16.5. The molecule has 2 atom stereocenters. The van der Waals surface area contributed by atoms with E-state index in [-0.39, 0.29) is 17.1 Å². The van der Waals surface area contributed by atoms with Gasteiger partial charge in [-0.25, -0.2) is 4.79 Å². The van der Waals surface area contributed by atoms with Crippen molar-refractivity contribution in [2.45, 2.75) is 39.7 Å². The van der Waals surface area contributed by atoms with Crippen LogP contribution < -0.4 is 0 Å². The molecule has 1 heterocycles. The predicted octanol–water partition coefficient (Wildman–Crippen LogP) is 3.32. The molecule has 4 heteroatoms. The molecule has 3 rings (SSSR count). The fraction of sp³-hybridized carbons (Fsp3) is 0.562. The molecule has 0 spiro atoms. The van der Waals surface area contributed by atoms with Gasteiger partial charge in [0.1, 0.15) is 0 Å². The van der Waals surface area contributed by atoms with Gasteiger partial charge in [0.25, 0.3) is 0 Å². The first-order chi connectivity index (χ1) is 9.35. The first-order valence-corrected chi connectivity index (χ1v) is 6.93. The maximum atomic E-state index is 11.8. The summed E-state index contributed by atoms with van der Waals surface area (Å²) in [7, 11) is 1.33. The Morgan fingerprint density at radius 1 is 1.50 bits per heavy atom. The van der Waals surface area contributed by atoms with Crippen LogP contribution in [0.3, 0.4) is 0 Å². The lowest BCUT2D eigenvalue weighted by Gasteiger charge is -2.27. The third kappa shape index (κ3) is 1.74. The van der Waals surface area contributed by atoms with Crippen molar-refractivity contribution in [2.24, 2.45) is 11.3 Å². The number of hydrogen-bond acceptors (Lipinski definition) is 4. The van der Waals surface area contributed by atoms with Crippen LogP contribution in [-0.4, -0.2) is 18.2 Å². The Hall–Kier alpha value is -1.55. The lowest BCUT2D eigenvalue weighted by molar-refractivity contribution is 0.0564. The van der Waals surface area contributed by atoms with Crippen molar-refractivity contribution in [1.29, 1.82) is 0 Å². The van der Waals surface area contributed by atoms with E-state index in [4.69, 9.17) is 9.15 Å². The molecule has 2 aliphatic carbocycles. The van der Waals surface area contributed by atoms with Crippen LogP contribution in [0.1, 0.15) is 61.4 Å². The van der Waals surface area contributed by atoms with Crippen LogP contribution >= 0.6 is 0 Å². The molecule has 1 fully saturated rings. The number of fused-ring (bicyclic) bond motifs is 2. The topological polar surface area (TPSA) is 59.7 Å². The normalized spacial score (nSPS) is 27.2. The third-order valence-electron chi connectivity index (χ3n) is 4.64. The summed E-state index contributed by atoms with van der Waals surface area (Å²) in [5, 5.41) is 10.6. The van der Waals surface area contributed by atoms with Crippen LogP contribution in [0.4, 0.5) is 0 Å². The van der Waals surface area contributed by atoms with Crippen molar-refractivity contribution in [3.63, 3.8) is 0 Å². The van der Waals surface area contributed by atoms with Crippen molar-refractivity contribution in [3.8, 4) is 0 Å². The average Bonchev–Trinajstić information content (AvgIpc) is 2.96. The minimum absolute atomic E-state index is 0.139. The van der Waals surface area contributed by atoms with Crippen LogP contribution in [-0.2, 0) is 4.74 Å². The SMILES string of the molecule is COC(=O)c1occ2c1C(C)=C1CC(C)(C)C[C@H]1[C@@H]2O. The number of furan rings is 1. The summed E-state index contributed by atoms with van der Waals surface area (Å²) in [5.41, 5.74) is 3.95. The van der Waals surface area contributed by atoms with Gasteiger partial charge in [-0.3, -0.25) is 0 Å². The summed E-state index contributed by atoms with van der Waals surface area (Å²) in [5.74, 6) is -0.149. The largest absolute Gasteiger partial charge is 0.463 e. The summed E-state index contributed by atoms with van der Waals surface area (Å²) >= 11 is 0. The van der Waals surface area contributed by atoms with Crippen LogP contribution in [0.2, 0.25) is 0 Å². The smallest absolute Gasteiger partial charge is 0.374 e. The maximum Gasteiger partial charge on any atom is 0.374 e. The number of carbonyl (C=O) groups is 1. The minimum atomic E-state index is -0.590. The van der Waals surface area contributed by atoms with Gasteiger partial charge < -0.3 is 14.3 Å². The van der Waals surface area contributed by atoms with Gasteiger partial charge in [-0.05, 0) is 30.8 Å². The van der Waals surface area contributed by atoms with E-state index >= 15 is 0 Å². The van der Waals surface area contributed by atoms with Crippen LogP contribution in [0.5, 0.6) is 0 Å². The monoisotopic (exact) mass is 276 g/mol. The second-order valence-corrected chi connectivity index (χ2v) is 6.63. The number of hydrogen-bond donors (Lipinski definition) is 1. The second kappa shape index (κ2) is 4.22. The zero-order valence-electron chi connectivity index (χ0n) is 12.3. The lowest BCUT2D eigenvalue weighted by atomic mass is 9.79. The highest BCUT2D eigenvalue weighted by molar-refractivity contribution is 5.94. The molecular weight excluding hydrogens is 256 g/mol. The van der Waals surface area contributed by atoms with E-state index in [1.807, 2.05) is 6.92 Å². The molecule has 0 aromatic carbocycles. The second-order valence-electron chi connectivity index (χ2n) is 6.63. The summed E-state index contributed by atoms with van der Waals surface area (Å²) in [6.07, 6.45) is 2.82. The Morgan fingerprint density at radius 3 is 2.85 bits per heavy atom. The van der Waals surface area contributed by atoms with E-state index in [0.717, 1.165) is 24.0 Å². The number of carbonyl (C=O) groups excluding carboxylic acids is 1. The van der Waals surface area contributed by atoms with Gasteiger partial charge in [0.15, 0.2) is 0 Å². The van der Waals surface area contributed by atoms with Gasteiger partial charge in [-0.1, -0.05) is 19.4 Å². The van der Waals surface area contributed by atoms with Gasteiger partial charge in [0.05, 0.1) is 19.5 Å². The Labute approximate surface area is 118 Å². The molecule has 1 N–H and O–H groups in total. The summed E-state index contributed by atoms with van der Waals surface area (Å²) in [6, 6.07) is 0. The molecular formula is C16H20O4. The van der Waals surface area contributed by atoms with E-state index in [0.29, 0.717) is 5.56 Å². The fourth-order valence-electron chi connectivity index (χ4n) is 3.75. The van der Waals surface area contributed by atoms with E-state index in [9.17, 15) is 9.90 Å². The number of esters is 1. The molecule has 1 saturated carbocycles. The average molecular weight is 276 g/mol. The molecule has 0 unspecified atom stereocenters. The van der Waals surface area contributed by atoms with Gasteiger partial charge in [-0.2, -0.15) is 0 Å². The first-order valence-electron chi connectivity index (χ1n) is 6.93. The number of aliphatic hydroxyl groups excluding tert-OH is 1. The molecule has 20 heavy (non-hydrogen) atoms. The van der Waals surface area contributed by atoms with Crippen molar-refractivity contribution in [2.75, 3.05) is 7.11 Å². The highest BCUT2D eigenvalue weighted by Crippen LogP contribution is 2.56. The van der Waals surface area contributed by atoms with Gasteiger partial charge in [-0.15, -0.1) is 0 Å². The van der Waals surface area contributed by atoms with Gasteiger partial charge >= 0.3 is 5.97 Å². The van der Waals surface area contributed by atoms with Crippen molar-refractivity contribution < 1.29 is 19.1 Å². The summed E-state index contributed by atoms with van der Waals surface area (Å²) < 4.78 is 10.1. The molecule has 0 aliphatic heterocycles. The number of methoxy groups -OCH3 is 1. The Bertz CT molecular complexity index is 606. The molecule has 2 aliphatic rings. The van der Waals surface area contributed by atoms with E-state index in [1.54, 1.807) is 0 Å². The molecule has 0 saturated heterocycles. The molecule has 0 bridgehead atoms. The Morgan fingerprint density at radius 2 is 2.20 bits per heavy atom. The zero-order valence-corrected chi connectivity index (χ0v) is 12.3. The van der Waals surface area contributed by atoms with E-state index in [2.05, 4.69) is 13.8 Å². The standard InChI is InChI=1S/C16H20O4/c1-8-9-5-16(2,3)6-10(9)13(17)11-7-20-14(12(8)11)15(18)19-4/h7,10,13,17H,5-6H2,1-4H3/t10-,13+/m1/s1. The van der Waals surface area contributed by atoms with Crippen LogP contribution in [0, 0.1) is 11.3 Å². The fourth-order valence-corrected chi connectivity index (χ4v) is 3.75. The first kappa shape index (κ1) is 13.4. The number of aliphatic hydroxyl groups is 1. The quantitative estimate of drug-likeness (QED) is 0.799. The number of allylic oxidation sites excluding steroid dienone is 1. The van der Waals surface area contributed by atoms with E-state index < -0.39 is 12.1 Å². The van der Waals surface area contributed by atoms with E-state index in [1.165, 1.54) is 18.9 Å². The van der Waals surface area contributed by atoms with Crippen LogP contribution in [0.25, 0.3) is 5.57 Å². The minimum Gasteiger partial charge on any atom is -0.463 e. The molecule has 1 aromatic heterocycles. The summed E-state index contributed by atoms with van der Waals surface area (Å²) in [6.45, 7) is 6.44. The molecule has 0 amide bonds. The Balaban J connectivity index is 2.16. The Kier molecular flexibility index (Phi) is 2.83. The van der Waals surface area contributed by atoms with Gasteiger partial charge in [0, 0.05) is 17.0 Å². The lowest BCUT2D eigenvalue weighted by Crippen LogP contribution is -2.18. The van der Waals surface area contributed by atoms with Crippen molar-refractivity contribution in [3.05, 3.63) is 28.7 Å². The van der Waals surface area contributed by atoms with Crippen molar-refractivity contribution in [1.82, 2.24) is 0 Å². The summed E-state index contributed by atoms with van der Waals surface area (Å²) in [4.78, 5) is 11.8.